The van der Waals surface area contributed by atoms with Gasteiger partial charge in [-0.2, -0.15) is 9.78 Å². The van der Waals surface area contributed by atoms with Gasteiger partial charge in [-0.25, -0.2) is 4.98 Å². The smallest absolute Gasteiger partial charge is 0.251 e. The topological polar surface area (TPSA) is 43.9 Å². The van der Waals surface area contributed by atoms with Crippen LogP contribution in [0.4, 0.5) is 0 Å². The molecule has 0 amide bonds. The van der Waals surface area contributed by atoms with Crippen molar-refractivity contribution in [1.29, 1.82) is 0 Å². The maximum atomic E-state index is 5.95. The Bertz CT molecular complexity index is 892. The summed E-state index contributed by atoms with van der Waals surface area (Å²) in [5.74, 6) is 0.621. The molecule has 2 aromatic heterocycles. The van der Waals surface area contributed by atoms with Crippen molar-refractivity contribution in [2.24, 2.45) is 0 Å². The third-order valence-electron chi connectivity index (χ3n) is 3.42. The Hall–Kier alpha value is -2.88. The van der Waals surface area contributed by atoms with E-state index in [2.05, 4.69) is 10.1 Å². The third kappa shape index (κ3) is 1.92. The van der Waals surface area contributed by atoms with Crippen molar-refractivity contribution in [2.45, 2.75) is 6.92 Å². The second kappa shape index (κ2) is 4.59. The number of rotatable bonds is 2. The first-order chi connectivity index (χ1) is 10.3. The van der Waals surface area contributed by atoms with E-state index in [0.29, 0.717) is 11.6 Å². The number of hydrogen-bond donors (Lipinski definition) is 0. The van der Waals surface area contributed by atoms with Gasteiger partial charge in [-0.1, -0.05) is 36.4 Å². The summed E-state index contributed by atoms with van der Waals surface area (Å²) < 4.78 is 7.75. The van der Waals surface area contributed by atoms with Gasteiger partial charge in [0.1, 0.15) is 0 Å². The summed E-state index contributed by atoms with van der Waals surface area (Å²) in [5.41, 5.74) is 4.27. The minimum absolute atomic E-state index is 0.621. The Morgan fingerprint density at radius 2 is 1.57 bits per heavy atom. The van der Waals surface area contributed by atoms with Gasteiger partial charge < -0.3 is 4.42 Å². The average Bonchev–Trinajstić information content (AvgIpc) is 3.10. The predicted molar refractivity (Wildman–Crippen MR) is 81.3 cm³/mol. The Labute approximate surface area is 121 Å². The molecule has 0 radical (unpaired) electrons. The molecule has 0 bridgehead atoms. The highest BCUT2D eigenvalue weighted by molar-refractivity contribution is 5.77. The molecule has 102 valence electrons. The number of benzene rings is 2. The highest BCUT2D eigenvalue weighted by Gasteiger charge is 2.17. The maximum Gasteiger partial charge on any atom is 0.251 e. The molecule has 0 aliphatic carbocycles. The summed E-state index contributed by atoms with van der Waals surface area (Å²) >= 11 is 0. The number of para-hydroxylation sites is 1. The molecule has 0 saturated carbocycles. The van der Waals surface area contributed by atoms with Crippen LogP contribution < -0.4 is 0 Å². The number of nitrogens with zero attached hydrogens (tertiary/aromatic N) is 3. The van der Waals surface area contributed by atoms with Crippen LogP contribution in [0.25, 0.3) is 28.4 Å². The van der Waals surface area contributed by atoms with Crippen LogP contribution in [0.5, 0.6) is 0 Å². The maximum absolute atomic E-state index is 5.95. The molecule has 0 N–H and O–H groups in total. The van der Waals surface area contributed by atoms with E-state index in [1.807, 2.05) is 67.6 Å². The predicted octanol–water partition coefficient (Wildman–Crippen LogP) is 3.99. The van der Waals surface area contributed by atoms with Crippen molar-refractivity contribution >= 4 is 11.2 Å². The van der Waals surface area contributed by atoms with Gasteiger partial charge in [-0.15, -0.1) is 0 Å². The van der Waals surface area contributed by atoms with E-state index in [9.17, 15) is 0 Å². The lowest BCUT2D eigenvalue weighted by atomic mass is 10.2. The second-order valence-corrected chi connectivity index (χ2v) is 4.87. The first-order valence-corrected chi connectivity index (χ1v) is 6.80. The van der Waals surface area contributed by atoms with Crippen LogP contribution in [0.1, 0.15) is 5.69 Å². The highest BCUT2D eigenvalue weighted by atomic mass is 16.4. The largest absolute Gasteiger partial charge is 0.418 e. The summed E-state index contributed by atoms with van der Waals surface area (Å²) in [4.78, 5) is 4.58. The SMILES string of the molecule is Cc1nn(-c2ccccc2)c2oc(-c3ccccc3)nc12. The van der Waals surface area contributed by atoms with E-state index < -0.39 is 0 Å². The van der Waals surface area contributed by atoms with Crippen molar-refractivity contribution < 1.29 is 4.42 Å². The van der Waals surface area contributed by atoms with E-state index in [1.54, 1.807) is 4.68 Å². The van der Waals surface area contributed by atoms with Gasteiger partial charge >= 0.3 is 0 Å². The van der Waals surface area contributed by atoms with E-state index in [0.717, 1.165) is 22.5 Å². The molecule has 0 aliphatic heterocycles. The van der Waals surface area contributed by atoms with Crippen LogP contribution in [0.3, 0.4) is 0 Å². The molecule has 0 atom stereocenters. The zero-order valence-corrected chi connectivity index (χ0v) is 11.5. The van der Waals surface area contributed by atoms with Crippen LogP contribution in [-0.2, 0) is 0 Å². The van der Waals surface area contributed by atoms with Gasteiger partial charge in [-0.05, 0) is 31.2 Å². The minimum Gasteiger partial charge on any atom is -0.418 e. The van der Waals surface area contributed by atoms with Gasteiger partial charge in [0.2, 0.25) is 5.89 Å². The van der Waals surface area contributed by atoms with Crippen LogP contribution in [-0.4, -0.2) is 14.8 Å². The zero-order chi connectivity index (χ0) is 14.2. The normalized spacial score (nSPS) is 11.1. The Morgan fingerprint density at radius 1 is 0.905 bits per heavy atom. The van der Waals surface area contributed by atoms with Gasteiger partial charge in [0, 0.05) is 5.56 Å². The Kier molecular flexibility index (Phi) is 2.60. The van der Waals surface area contributed by atoms with Gasteiger partial charge in [0.15, 0.2) is 5.52 Å². The van der Waals surface area contributed by atoms with Crippen LogP contribution in [0.15, 0.2) is 65.1 Å². The number of fused-ring (bicyclic) bond motifs is 1. The quantitative estimate of drug-likeness (QED) is 0.555. The van der Waals surface area contributed by atoms with Crippen molar-refractivity contribution in [3.8, 4) is 17.1 Å². The molecule has 4 nitrogen and oxygen atoms in total. The van der Waals surface area contributed by atoms with Crippen LogP contribution >= 0.6 is 0 Å². The molecule has 4 heteroatoms. The van der Waals surface area contributed by atoms with Gasteiger partial charge in [0.05, 0.1) is 11.4 Å². The summed E-state index contributed by atoms with van der Waals surface area (Å²) in [6, 6.07) is 19.8. The lowest BCUT2D eigenvalue weighted by Gasteiger charge is -2.00. The van der Waals surface area contributed by atoms with Gasteiger partial charge in [0.25, 0.3) is 5.71 Å². The van der Waals surface area contributed by atoms with Crippen molar-refractivity contribution in [1.82, 2.24) is 14.8 Å². The number of aryl methyl sites for hydroxylation is 1. The third-order valence-corrected chi connectivity index (χ3v) is 3.42. The van der Waals surface area contributed by atoms with Gasteiger partial charge in [-0.3, -0.25) is 0 Å². The minimum atomic E-state index is 0.621. The van der Waals surface area contributed by atoms with E-state index in [1.165, 1.54) is 0 Å². The molecule has 0 spiro atoms. The van der Waals surface area contributed by atoms with Crippen LogP contribution in [0.2, 0.25) is 0 Å². The molecule has 2 heterocycles. The molecule has 2 aromatic carbocycles. The lowest BCUT2D eigenvalue weighted by molar-refractivity contribution is 0.587. The first-order valence-electron chi connectivity index (χ1n) is 6.80. The Balaban J connectivity index is 1.93. The molecule has 0 unspecified atom stereocenters. The monoisotopic (exact) mass is 275 g/mol. The summed E-state index contributed by atoms with van der Waals surface area (Å²) in [6.07, 6.45) is 0. The molecule has 4 rings (SSSR count). The summed E-state index contributed by atoms with van der Waals surface area (Å²) in [7, 11) is 0. The van der Waals surface area contributed by atoms with Crippen molar-refractivity contribution in [2.75, 3.05) is 0 Å². The standard InChI is InChI=1S/C17H13N3O/c1-12-15-17(20(19-12)14-10-6-3-7-11-14)21-16(18-15)13-8-4-2-5-9-13/h2-11H,1H3. The molecular formula is C17H13N3O. The lowest BCUT2D eigenvalue weighted by Crippen LogP contribution is -1.95. The first kappa shape index (κ1) is 11.9. The fourth-order valence-corrected chi connectivity index (χ4v) is 2.38. The highest BCUT2D eigenvalue weighted by Crippen LogP contribution is 2.27. The molecule has 0 fully saturated rings. The fourth-order valence-electron chi connectivity index (χ4n) is 2.38. The molecule has 0 aliphatic rings. The molecule has 4 aromatic rings. The fraction of sp³-hybridized carbons (Fsp3) is 0.0588. The second-order valence-electron chi connectivity index (χ2n) is 4.87. The molecule has 0 saturated heterocycles. The summed E-state index contributed by atoms with van der Waals surface area (Å²) in [5, 5.41) is 4.52. The number of aromatic nitrogens is 3. The summed E-state index contributed by atoms with van der Waals surface area (Å²) in [6.45, 7) is 1.94. The zero-order valence-electron chi connectivity index (χ0n) is 11.5. The Morgan fingerprint density at radius 3 is 2.29 bits per heavy atom. The van der Waals surface area contributed by atoms with Crippen molar-refractivity contribution in [3.05, 3.63) is 66.4 Å². The number of hydrogen-bond acceptors (Lipinski definition) is 3. The van der Waals surface area contributed by atoms with Crippen molar-refractivity contribution in [3.63, 3.8) is 0 Å². The van der Waals surface area contributed by atoms with E-state index in [-0.39, 0.29) is 0 Å². The molecule has 21 heavy (non-hydrogen) atoms. The van der Waals surface area contributed by atoms with Crippen LogP contribution in [0, 0.1) is 6.92 Å². The van der Waals surface area contributed by atoms with E-state index >= 15 is 0 Å². The number of oxazole rings is 1. The van der Waals surface area contributed by atoms with E-state index in [4.69, 9.17) is 4.42 Å². The average molecular weight is 275 g/mol. The molecular weight excluding hydrogens is 262 g/mol.